The van der Waals surface area contributed by atoms with Crippen molar-refractivity contribution in [2.75, 3.05) is 40.0 Å². The molecule has 0 heterocycles. The highest BCUT2D eigenvalue weighted by Gasteiger charge is 2.26. The fraction of sp³-hybridized carbons (Fsp3) is 0.923. The van der Waals surface area contributed by atoms with E-state index in [4.69, 9.17) is 14.6 Å². The highest BCUT2D eigenvalue weighted by atomic mass is 16.5. The van der Waals surface area contributed by atoms with Gasteiger partial charge < -0.3 is 19.7 Å². The average Bonchev–Trinajstić information content (AvgIpc) is 3.09. The Morgan fingerprint density at radius 3 is 2.63 bits per heavy atom. The summed E-state index contributed by atoms with van der Waals surface area (Å²) in [5.41, 5.74) is 0. The van der Waals surface area contributed by atoms with E-state index in [1.807, 2.05) is 6.92 Å². The number of carboxylic acid groups (broad SMARTS) is 1. The first kappa shape index (κ1) is 16.4. The van der Waals surface area contributed by atoms with Gasteiger partial charge in [0.1, 0.15) is 0 Å². The maximum absolute atomic E-state index is 10.8. The van der Waals surface area contributed by atoms with Gasteiger partial charge in [0.2, 0.25) is 0 Å². The summed E-state index contributed by atoms with van der Waals surface area (Å²) in [5, 5.41) is 18.7. The summed E-state index contributed by atoms with van der Waals surface area (Å²) in [6.45, 7) is 3.61. The zero-order chi connectivity index (χ0) is 14.3. The van der Waals surface area contributed by atoms with Gasteiger partial charge in [0.25, 0.3) is 0 Å². The van der Waals surface area contributed by atoms with Gasteiger partial charge >= 0.3 is 5.97 Å². The van der Waals surface area contributed by atoms with Gasteiger partial charge in [-0.15, -0.1) is 0 Å². The minimum absolute atomic E-state index is 0.0266. The Labute approximate surface area is 114 Å². The molecule has 0 radical (unpaired) electrons. The SMILES string of the molecule is COCC(C)OCC(O)CN(CC(=O)O)CC1CC1. The molecule has 112 valence electrons. The lowest BCUT2D eigenvalue weighted by Crippen LogP contribution is -2.40. The Morgan fingerprint density at radius 1 is 1.42 bits per heavy atom. The molecule has 0 saturated heterocycles. The van der Waals surface area contributed by atoms with Gasteiger partial charge in [0.05, 0.1) is 32.0 Å². The van der Waals surface area contributed by atoms with E-state index >= 15 is 0 Å². The number of methoxy groups -OCH3 is 1. The fourth-order valence-corrected chi connectivity index (χ4v) is 1.97. The summed E-state index contributed by atoms with van der Waals surface area (Å²) in [6.07, 6.45) is 1.58. The molecule has 0 aliphatic heterocycles. The lowest BCUT2D eigenvalue weighted by molar-refractivity contribution is -0.138. The predicted octanol–water partition coefficient (Wildman–Crippen LogP) is 0.195. The van der Waals surface area contributed by atoms with Crippen LogP contribution in [-0.2, 0) is 14.3 Å². The minimum atomic E-state index is -0.860. The summed E-state index contributed by atoms with van der Waals surface area (Å²) in [6, 6.07) is 0. The summed E-state index contributed by atoms with van der Waals surface area (Å²) in [4.78, 5) is 12.6. The van der Waals surface area contributed by atoms with Gasteiger partial charge in [-0.1, -0.05) is 0 Å². The molecule has 1 aliphatic rings. The second-order valence-electron chi connectivity index (χ2n) is 5.28. The Bertz CT molecular complexity index is 270. The number of carbonyl (C=O) groups is 1. The second kappa shape index (κ2) is 8.47. The van der Waals surface area contributed by atoms with Crippen molar-refractivity contribution in [3.63, 3.8) is 0 Å². The number of aliphatic hydroxyl groups excluding tert-OH is 1. The molecular weight excluding hydrogens is 250 g/mol. The lowest BCUT2D eigenvalue weighted by Gasteiger charge is -2.24. The van der Waals surface area contributed by atoms with Crippen molar-refractivity contribution in [2.24, 2.45) is 5.92 Å². The lowest BCUT2D eigenvalue weighted by atomic mass is 10.3. The highest BCUT2D eigenvalue weighted by molar-refractivity contribution is 5.69. The third kappa shape index (κ3) is 8.15. The summed E-state index contributed by atoms with van der Waals surface area (Å²) >= 11 is 0. The molecule has 2 unspecified atom stereocenters. The molecule has 6 heteroatoms. The van der Waals surface area contributed by atoms with Crippen molar-refractivity contribution >= 4 is 5.97 Å². The van der Waals surface area contributed by atoms with Crippen molar-refractivity contribution in [1.82, 2.24) is 4.90 Å². The molecule has 1 fully saturated rings. The summed E-state index contributed by atoms with van der Waals surface area (Å²) in [7, 11) is 1.60. The number of ether oxygens (including phenoxy) is 2. The highest BCUT2D eigenvalue weighted by Crippen LogP contribution is 2.29. The Balaban J connectivity index is 2.24. The Hall–Kier alpha value is -0.690. The molecule has 1 saturated carbocycles. The molecule has 0 amide bonds. The van der Waals surface area contributed by atoms with Gasteiger partial charge in [0, 0.05) is 20.2 Å². The predicted molar refractivity (Wildman–Crippen MR) is 70.1 cm³/mol. The van der Waals surface area contributed by atoms with Crippen molar-refractivity contribution in [2.45, 2.75) is 32.0 Å². The molecular formula is C13H25NO5. The first-order valence-corrected chi connectivity index (χ1v) is 6.74. The van der Waals surface area contributed by atoms with Crippen LogP contribution in [0.4, 0.5) is 0 Å². The Kier molecular flexibility index (Phi) is 7.30. The van der Waals surface area contributed by atoms with E-state index in [-0.39, 0.29) is 19.3 Å². The molecule has 6 nitrogen and oxygen atoms in total. The van der Waals surface area contributed by atoms with Crippen LogP contribution in [0, 0.1) is 5.92 Å². The molecule has 1 rings (SSSR count). The smallest absolute Gasteiger partial charge is 0.317 e. The van der Waals surface area contributed by atoms with E-state index in [0.717, 1.165) is 19.4 Å². The molecule has 0 bridgehead atoms. The quantitative estimate of drug-likeness (QED) is 0.560. The third-order valence-corrected chi connectivity index (χ3v) is 3.02. The second-order valence-corrected chi connectivity index (χ2v) is 5.28. The van der Waals surface area contributed by atoms with Crippen LogP contribution < -0.4 is 0 Å². The van der Waals surface area contributed by atoms with Crippen molar-refractivity contribution in [3.8, 4) is 0 Å². The minimum Gasteiger partial charge on any atom is -0.480 e. The number of aliphatic hydroxyl groups is 1. The van der Waals surface area contributed by atoms with Crippen LogP contribution in [0.2, 0.25) is 0 Å². The maximum Gasteiger partial charge on any atom is 0.317 e. The molecule has 2 N–H and O–H groups in total. The fourth-order valence-electron chi connectivity index (χ4n) is 1.97. The van der Waals surface area contributed by atoms with Gasteiger partial charge in [-0.3, -0.25) is 9.69 Å². The van der Waals surface area contributed by atoms with Crippen LogP contribution in [0.3, 0.4) is 0 Å². The van der Waals surface area contributed by atoms with Crippen molar-refractivity contribution in [1.29, 1.82) is 0 Å². The van der Waals surface area contributed by atoms with Crippen LogP contribution in [0.15, 0.2) is 0 Å². The van der Waals surface area contributed by atoms with Crippen molar-refractivity contribution in [3.05, 3.63) is 0 Å². The zero-order valence-electron chi connectivity index (χ0n) is 11.7. The topological polar surface area (TPSA) is 79.2 Å². The normalized spacial score (nSPS) is 18.5. The van der Waals surface area contributed by atoms with Crippen LogP contribution in [-0.4, -0.2) is 73.2 Å². The molecule has 19 heavy (non-hydrogen) atoms. The number of aliphatic carboxylic acids is 1. The third-order valence-electron chi connectivity index (χ3n) is 3.02. The standard InChI is InChI=1S/C13H25NO5/c1-10(8-18-2)19-9-12(15)6-14(7-13(16)17)5-11-3-4-11/h10-12,15H,3-9H2,1-2H3,(H,16,17). The first-order valence-electron chi connectivity index (χ1n) is 6.74. The maximum atomic E-state index is 10.8. The van der Waals surface area contributed by atoms with E-state index in [2.05, 4.69) is 0 Å². The summed E-state index contributed by atoms with van der Waals surface area (Å²) in [5.74, 6) is -0.263. The van der Waals surface area contributed by atoms with Gasteiger partial charge in [0.15, 0.2) is 0 Å². The van der Waals surface area contributed by atoms with E-state index in [0.29, 0.717) is 19.1 Å². The largest absolute Gasteiger partial charge is 0.480 e. The molecule has 2 atom stereocenters. The van der Waals surface area contributed by atoms with Crippen LogP contribution >= 0.6 is 0 Å². The van der Waals surface area contributed by atoms with E-state index in [1.54, 1.807) is 12.0 Å². The Morgan fingerprint density at radius 2 is 2.11 bits per heavy atom. The van der Waals surface area contributed by atoms with E-state index < -0.39 is 12.1 Å². The number of hydrogen-bond acceptors (Lipinski definition) is 5. The van der Waals surface area contributed by atoms with Gasteiger partial charge in [-0.2, -0.15) is 0 Å². The monoisotopic (exact) mass is 275 g/mol. The van der Waals surface area contributed by atoms with E-state index in [1.165, 1.54) is 0 Å². The van der Waals surface area contributed by atoms with Crippen molar-refractivity contribution < 1.29 is 24.5 Å². The molecule has 0 aromatic rings. The number of rotatable bonds is 11. The van der Waals surface area contributed by atoms with Gasteiger partial charge in [-0.25, -0.2) is 0 Å². The average molecular weight is 275 g/mol. The van der Waals surface area contributed by atoms with Crippen LogP contribution in [0.5, 0.6) is 0 Å². The van der Waals surface area contributed by atoms with Crippen LogP contribution in [0.25, 0.3) is 0 Å². The first-order chi connectivity index (χ1) is 9.01. The molecule has 0 spiro atoms. The number of hydrogen-bond donors (Lipinski definition) is 2. The zero-order valence-corrected chi connectivity index (χ0v) is 11.7. The molecule has 1 aliphatic carbocycles. The van der Waals surface area contributed by atoms with Crippen LogP contribution in [0.1, 0.15) is 19.8 Å². The number of carboxylic acids is 1. The molecule has 0 aromatic carbocycles. The summed E-state index contributed by atoms with van der Waals surface area (Å²) < 4.78 is 10.4. The van der Waals surface area contributed by atoms with E-state index in [9.17, 15) is 9.90 Å². The number of nitrogens with zero attached hydrogens (tertiary/aromatic N) is 1. The molecule has 0 aromatic heterocycles. The van der Waals surface area contributed by atoms with Gasteiger partial charge in [-0.05, 0) is 25.7 Å².